The van der Waals surface area contributed by atoms with Crippen LogP contribution in [0.1, 0.15) is 26.2 Å². The van der Waals surface area contributed by atoms with Crippen LogP contribution >= 0.6 is 0 Å². The van der Waals surface area contributed by atoms with E-state index < -0.39 is 0 Å². The van der Waals surface area contributed by atoms with E-state index in [-0.39, 0.29) is 17.9 Å². The van der Waals surface area contributed by atoms with Crippen molar-refractivity contribution in [2.75, 3.05) is 6.54 Å². The lowest BCUT2D eigenvalue weighted by atomic mass is 10.1. The zero-order valence-electron chi connectivity index (χ0n) is 8.05. The molecule has 0 radical (unpaired) electrons. The smallest absolute Gasteiger partial charge is 0.223 e. The lowest BCUT2D eigenvalue weighted by Gasteiger charge is -2.09. The van der Waals surface area contributed by atoms with Crippen LogP contribution in [0.3, 0.4) is 0 Å². The van der Waals surface area contributed by atoms with Crippen molar-refractivity contribution in [1.29, 1.82) is 0 Å². The first-order valence-corrected chi connectivity index (χ1v) is 4.69. The monoisotopic (exact) mass is 183 g/mol. The zero-order chi connectivity index (χ0) is 9.84. The highest BCUT2D eigenvalue weighted by Gasteiger charge is 2.28. The Hall–Kier alpha value is -0.830. The van der Waals surface area contributed by atoms with Gasteiger partial charge >= 0.3 is 0 Å². The molecule has 0 saturated heterocycles. The first-order chi connectivity index (χ1) is 6.09. The largest absolute Gasteiger partial charge is 0.393 e. The van der Waals surface area contributed by atoms with Crippen LogP contribution in [0.4, 0.5) is 0 Å². The average molecular weight is 183 g/mol. The topological polar surface area (TPSA) is 49.3 Å². The van der Waals surface area contributed by atoms with Gasteiger partial charge in [-0.25, -0.2) is 0 Å². The van der Waals surface area contributed by atoms with Gasteiger partial charge in [0.25, 0.3) is 0 Å². The number of carbonyl (C=O) groups excluding carboxylic acids is 1. The molecule has 0 aliphatic heterocycles. The van der Waals surface area contributed by atoms with E-state index in [0.717, 1.165) is 18.4 Å². The van der Waals surface area contributed by atoms with Gasteiger partial charge < -0.3 is 10.4 Å². The van der Waals surface area contributed by atoms with E-state index >= 15 is 0 Å². The molecule has 3 heteroatoms. The first kappa shape index (κ1) is 10.3. The van der Waals surface area contributed by atoms with Gasteiger partial charge in [-0.05, 0) is 26.2 Å². The minimum Gasteiger partial charge on any atom is -0.393 e. The van der Waals surface area contributed by atoms with Crippen molar-refractivity contribution in [3.8, 4) is 0 Å². The summed E-state index contributed by atoms with van der Waals surface area (Å²) >= 11 is 0. The molecule has 0 aromatic rings. The van der Waals surface area contributed by atoms with Gasteiger partial charge in [0.2, 0.25) is 5.91 Å². The van der Waals surface area contributed by atoms with Crippen LogP contribution < -0.4 is 5.32 Å². The molecule has 13 heavy (non-hydrogen) atoms. The van der Waals surface area contributed by atoms with Crippen LogP contribution in [-0.2, 0) is 4.79 Å². The number of hydrogen-bond acceptors (Lipinski definition) is 2. The number of nitrogens with one attached hydrogen (secondary N) is 1. The minimum absolute atomic E-state index is 0.00866. The Morgan fingerprint density at radius 3 is 2.77 bits per heavy atom. The quantitative estimate of drug-likeness (QED) is 0.637. The first-order valence-electron chi connectivity index (χ1n) is 4.69. The van der Waals surface area contributed by atoms with Gasteiger partial charge in [-0.3, -0.25) is 4.79 Å². The van der Waals surface area contributed by atoms with Gasteiger partial charge in [-0.1, -0.05) is 12.2 Å². The minimum atomic E-state index is -0.277. The Bertz CT molecular complexity index is 213. The fraction of sp³-hybridized carbons (Fsp3) is 0.700. The fourth-order valence-electron chi connectivity index (χ4n) is 1.58. The van der Waals surface area contributed by atoms with Crippen molar-refractivity contribution in [3.63, 3.8) is 0 Å². The molecule has 2 N–H and O–H groups in total. The van der Waals surface area contributed by atoms with Gasteiger partial charge in [0.1, 0.15) is 0 Å². The van der Waals surface area contributed by atoms with Gasteiger partial charge in [0.05, 0.1) is 6.10 Å². The highest BCUT2D eigenvalue weighted by Crippen LogP contribution is 2.25. The lowest BCUT2D eigenvalue weighted by molar-refractivity contribution is -0.124. The molecule has 1 amide bonds. The molecule has 0 spiro atoms. The van der Waals surface area contributed by atoms with Gasteiger partial charge in [-0.2, -0.15) is 0 Å². The fourth-order valence-corrected chi connectivity index (χ4v) is 1.58. The zero-order valence-corrected chi connectivity index (χ0v) is 8.05. The summed E-state index contributed by atoms with van der Waals surface area (Å²) < 4.78 is 0. The molecule has 0 bridgehead atoms. The summed E-state index contributed by atoms with van der Waals surface area (Å²) in [6, 6.07) is 0. The number of carbonyl (C=O) groups is 1. The summed E-state index contributed by atoms with van der Waals surface area (Å²) in [6.45, 7) is 6.13. The van der Waals surface area contributed by atoms with Crippen LogP contribution in [0.25, 0.3) is 0 Å². The molecule has 3 nitrogen and oxygen atoms in total. The van der Waals surface area contributed by atoms with Crippen LogP contribution in [0.15, 0.2) is 12.2 Å². The van der Waals surface area contributed by atoms with Gasteiger partial charge in [0, 0.05) is 12.5 Å². The van der Waals surface area contributed by atoms with Crippen LogP contribution in [0, 0.1) is 5.92 Å². The van der Waals surface area contributed by atoms with E-state index in [4.69, 9.17) is 0 Å². The maximum atomic E-state index is 11.4. The van der Waals surface area contributed by atoms with E-state index in [1.807, 2.05) is 6.92 Å². The Morgan fingerprint density at radius 2 is 2.31 bits per heavy atom. The van der Waals surface area contributed by atoms with Crippen molar-refractivity contribution in [3.05, 3.63) is 12.2 Å². The van der Waals surface area contributed by atoms with Gasteiger partial charge in [0.15, 0.2) is 0 Å². The Kier molecular flexibility index (Phi) is 3.48. The second-order valence-corrected chi connectivity index (χ2v) is 3.84. The third-order valence-corrected chi connectivity index (χ3v) is 2.34. The molecule has 1 aliphatic rings. The second-order valence-electron chi connectivity index (χ2n) is 3.84. The molecule has 2 atom stereocenters. The summed E-state index contributed by atoms with van der Waals surface area (Å²) in [5.74, 6) is 0.0638. The summed E-state index contributed by atoms with van der Waals surface area (Å²) in [5.41, 5.74) is 0.951. The number of amides is 1. The maximum Gasteiger partial charge on any atom is 0.223 e. The molecule has 1 saturated carbocycles. The van der Waals surface area contributed by atoms with Crippen LogP contribution in [0.5, 0.6) is 0 Å². The van der Waals surface area contributed by atoms with E-state index in [9.17, 15) is 9.90 Å². The average Bonchev–Trinajstić information content (AvgIpc) is 2.47. The molecular formula is C10H17NO2. The molecule has 2 unspecified atom stereocenters. The number of aliphatic hydroxyl groups excluding tert-OH is 1. The van der Waals surface area contributed by atoms with E-state index in [2.05, 4.69) is 11.9 Å². The standard InChI is InChI=1S/C10H17NO2/c1-7(2)6-11-10(13)8-3-4-9(12)5-8/h8-9,12H,1,3-6H2,2H3,(H,11,13). The van der Waals surface area contributed by atoms with Crippen molar-refractivity contribution in [2.45, 2.75) is 32.3 Å². The summed E-state index contributed by atoms with van der Waals surface area (Å²) in [7, 11) is 0. The van der Waals surface area contributed by atoms with Crippen molar-refractivity contribution in [2.24, 2.45) is 5.92 Å². The number of aliphatic hydroxyl groups is 1. The molecule has 1 rings (SSSR count). The third kappa shape index (κ3) is 3.19. The van der Waals surface area contributed by atoms with Crippen molar-refractivity contribution in [1.82, 2.24) is 5.32 Å². The Morgan fingerprint density at radius 1 is 1.62 bits per heavy atom. The normalized spacial score (nSPS) is 27.2. The predicted octanol–water partition coefficient (Wildman–Crippen LogP) is 0.840. The van der Waals surface area contributed by atoms with Crippen LogP contribution in [-0.4, -0.2) is 23.7 Å². The number of rotatable bonds is 3. The Balaban J connectivity index is 2.27. The maximum absolute atomic E-state index is 11.4. The third-order valence-electron chi connectivity index (χ3n) is 2.34. The molecule has 1 fully saturated rings. The molecule has 0 heterocycles. The van der Waals surface area contributed by atoms with Gasteiger partial charge in [-0.15, -0.1) is 0 Å². The molecule has 0 aromatic heterocycles. The highest BCUT2D eigenvalue weighted by atomic mass is 16.3. The van der Waals surface area contributed by atoms with Crippen LogP contribution in [0.2, 0.25) is 0 Å². The van der Waals surface area contributed by atoms with E-state index in [1.54, 1.807) is 0 Å². The molecule has 0 aromatic carbocycles. The summed E-state index contributed by atoms with van der Waals surface area (Å²) in [6.07, 6.45) is 1.90. The van der Waals surface area contributed by atoms with Crippen molar-refractivity contribution < 1.29 is 9.90 Å². The second kappa shape index (κ2) is 4.42. The summed E-state index contributed by atoms with van der Waals surface area (Å²) in [4.78, 5) is 11.4. The van der Waals surface area contributed by atoms with E-state index in [1.165, 1.54) is 0 Å². The van der Waals surface area contributed by atoms with E-state index in [0.29, 0.717) is 13.0 Å². The molecule has 74 valence electrons. The van der Waals surface area contributed by atoms with Crippen molar-refractivity contribution >= 4 is 5.91 Å². The Labute approximate surface area is 78.8 Å². The number of hydrogen-bond donors (Lipinski definition) is 2. The summed E-state index contributed by atoms with van der Waals surface area (Å²) in [5, 5.41) is 12.0. The lowest BCUT2D eigenvalue weighted by Crippen LogP contribution is -2.30. The highest BCUT2D eigenvalue weighted by molar-refractivity contribution is 5.79. The molecule has 1 aliphatic carbocycles. The predicted molar refractivity (Wildman–Crippen MR) is 51.2 cm³/mol. The molecular weight excluding hydrogens is 166 g/mol. The SMILES string of the molecule is C=C(C)CNC(=O)C1CCC(O)C1.